The van der Waals surface area contributed by atoms with Gasteiger partial charge in [0.25, 0.3) is 5.91 Å². The van der Waals surface area contributed by atoms with Gasteiger partial charge in [-0.2, -0.15) is 0 Å². The lowest BCUT2D eigenvalue weighted by atomic mass is 10.2. The number of nitrogens with one attached hydrogen (secondary N) is 1. The zero-order valence-corrected chi connectivity index (χ0v) is 22.2. The first-order chi connectivity index (χ1) is 18.6. The minimum Gasteiger partial charge on any atom is -0.456 e. The van der Waals surface area contributed by atoms with Gasteiger partial charge in [-0.05, 0) is 55.7 Å². The van der Waals surface area contributed by atoms with Gasteiger partial charge in [0.2, 0.25) is 5.91 Å². The standard InChI is InChI=1S/C21H17N5O2.C6H11NO.C2H6/c27-21(26-8-1-9-26)18-5-3-16(12-24-18)28-15-2-4-17-14(10-15)11-19(25-17)20-13-22-6-7-23-20;1-6(8)7-4-2-3-5-7;1-2/h2-7,10-13,25H,1,8-9H2;2-5H2,1H3;1-2H3. The number of carbonyl (C=O) groups is 2. The quantitative estimate of drug-likeness (QED) is 0.396. The Hall–Kier alpha value is -4.27. The first kappa shape index (κ1) is 26.8. The third kappa shape index (κ3) is 6.53. The van der Waals surface area contributed by atoms with Crippen molar-refractivity contribution >= 4 is 22.7 Å². The number of nitrogens with zero attached hydrogens (tertiary/aromatic N) is 5. The van der Waals surface area contributed by atoms with Crippen LogP contribution in [0.3, 0.4) is 0 Å². The smallest absolute Gasteiger partial charge is 0.272 e. The second kappa shape index (κ2) is 12.8. The molecule has 0 spiro atoms. The van der Waals surface area contributed by atoms with Crippen molar-refractivity contribution in [2.24, 2.45) is 0 Å². The number of likely N-dealkylation sites (tertiary alicyclic amines) is 2. The van der Waals surface area contributed by atoms with Crippen LogP contribution in [0, 0.1) is 0 Å². The molecule has 198 valence electrons. The summed E-state index contributed by atoms with van der Waals surface area (Å²) in [5.41, 5.74) is 3.12. The summed E-state index contributed by atoms with van der Waals surface area (Å²) in [5, 5.41) is 1.01. The summed E-state index contributed by atoms with van der Waals surface area (Å²) in [7, 11) is 0. The second-order valence-electron chi connectivity index (χ2n) is 8.86. The number of rotatable bonds is 4. The van der Waals surface area contributed by atoms with Crippen molar-refractivity contribution in [3.05, 3.63) is 66.9 Å². The molecule has 2 amide bonds. The minimum atomic E-state index is -0.0249. The minimum absolute atomic E-state index is 0.0249. The molecule has 0 saturated carbocycles. The predicted molar refractivity (Wildman–Crippen MR) is 147 cm³/mol. The molecular formula is C29H34N6O3. The Morgan fingerprint density at radius 3 is 2.16 bits per heavy atom. The first-order valence-corrected chi connectivity index (χ1v) is 13.1. The van der Waals surface area contributed by atoms with Gasteiger partial charge in [0, 0.05) is 56.4 Å². The molecule has 38 heavy (non-hydrogen) atoms. The molecule has 2 aliphatic heterocycles. The average molecular weight is 515 g/mol. The lowest BCUT2D eigenvalue weighted by molar-refractivity contribution is -0.127. The van der Waals surface area contributed by atoms with Crippen LogP contribution >= 0.6 is 0 Å². The number of carbonyl (C=O) groups excluding carboxylic acids is 2. The Bertz CT molecular complexity index is 1340. The van der Waals surface area contributed by atoms with E-state index in [9.17, 15) is 9.59 Å². The lowest BCUT2D eigenvalue weighted by Crippen LogP contribution is -2.42. The normalized spacial score (nSPS) is 14.1. The van der Waals surface area contributed by atoms with Crippen molar-refractivity contribution in [2.75, 3.05) is 26.2 Å². The van der Waals surface area contributed by atoms with Gasteiger partial charge in [-0.3, -0.25) is 19.6 Å². The third-order valence-corrected chi connectivity index (χ3v) is 6.32. The van der Waals surface area contributed by atoms with Crippen molar-refractivity contribution < 1.29 is 14.3 Å². The number of aromatic amines is 1. The summed E-state index contributed by atoms with van der Waals surface area (Å²) >= 11 is 0. The maximum absolute atomic E-state index is 12.2. The van der Waals surface area contributed by atoms with Crippen molar-refractivity contribution in [1.82, 2.24) is 29.7 Å². The number of amides is 2. The molecule has 0 atom stereocenters. The van der Waals surface area contributed by atoms with Gasteiger partial charge < -0.3 is 19.5 Å². The molecule has 0 radical (unpaired) electrons. The number of aromatic nitrogens is 4. The van der Waals surface area contributed by atoms with E-state index in [-0.39, 0.29) is 11.8 Å². The van der Waals surface area contributed by atoms with Crippen molar-refractivity contribution in [2.45, 2.75) is 40.0 Å². The fraction of sp³-hybridized carbons (Fsp3) is 0.345. The monoisotopic (exact) mass is 514 g/mol. The topological polar surface area (TPSA) is 104 Å². The van der Waals surface area contributed by atoms with Crippen LogP contribution < -0.4 is 4.74 Å². The van der Waals surface area contributed by atoms with Crippen molar-refractivity contribution in [3.8, 4) is 22.9 Å². The Morgan fingerprint density at radius 1 is 0.842 bits per heavy atom. The summed E-state index contributed by atoms with van der Waals surface area (Å²) in [4.78, 5) is 42.4. The zero-order valence-electron chi connectivity index (χ0n) is 22.2. The molecule has 2 fully saturated rings. The van der Waals surface area contributed by atoms with E-state index in [4.69, 9.17) is 4.74 Å². The third-order valence-electron chi connectivity index (χ3n) is 6.32. The van der Waals surface area contributed by atoms with E-state index in [1.807, 2.05) is 43.0 Å². The van der Waals surface area contributed by atoms with Gasteiger partial charge >= 0.3 is 0 Å². The molecule has 3 aromatic heterocycles. The van der Waals surface area contributed by atoms with Crippen LogP contribution in [0.1, 0.15) is 50.5 Å². The Morgan fingerprint density at radius 2 is 1.58 bits per heavy atom. The Kier molecular flexibility index (Phi) is 9.02. The summed E-state index contributed by atoms with van der Waals surface area (Å²) in [6.07, 6.45) is 10.1. The molecule has 2 saturated heterocycles. The van der Waals surface area contributed by atoms with Crippen LogP contribution in [0.4, 0.5) is 0 Å². The summed E-state index contributed by atoms with van der Waals surface area (Å²) < 4.78 is 5.91. The molecule has 1 N–H and O–H groups in total. The number of H-pyrrole nitrogens is 1. The van der Waals surface area contributed by atoms with Crippen LogP contribution in [-0.2, 0) is 4.79 Å². The maximum Gasteiger partial charge on any atom is 0.272 e. The molecule has 0 unspecified atom stereocenters. The molecule has 9 heteroatoms. The maximum atomic E-state index is 12.2. The zero-order chi connectivity index (χ0) is 26.9. The van der Waals surface area contributed by atoms with E-state index in [1.54, 1.807) is 48.7 Å². The Balaban J connectivity index is 0.000000287. The lowest BCUT2D eigenvalue weighted by Gasteiger charge is -2.30. The first-order valence-electron chi connectivity index (χ1n) is 13.1. The highest BCUT2D eigenvalue weighted by molar-refractivity contribution is 5.92. The van der Waals surface area contributed by atoms with Gasteiger partial charge in [0.1, 0.15) is 22.9 Å². The van der Waals surface area contributed by atoms with Crippen LogP contribution in [0.25, 0.3) is 22.3 Å². The molecule has 4 aromatic rings. The van der Waals surface area contributed by atoms with Crippen LogP contribution in [-0.4, -0.2) is 67.7 Å². The molecule has 5 heterocycles. The molecular weight excluding hydrogens is 480 g/mol. The van der Waals surface area contributed by atoms with Gasteiger partial charge in [0.05, 0.1) is 18.1 Å². The van der Waals surface area contributed by atoms with Crippen molar-refractivity contribution in [3.63, 3.8) is 0 Å². The van der Waals surface area contributed by atoms with E-state index in [1.165, 1.54) is 12.8 Å². The average Bonchev–Trinajstić information content (AvgIpc) is 3.61. The van der Waals surface area contributed by atoms with E-state index >= 15 is 0 Å². The van der Waals surface area contributed by atoms with Crippen LogP contribution in [0.15, 0.2) is 61.2 Å². The summed E-state index contributed by atoms with van der Waals surface area (Å²) in [6.45, 7) is 9.22. The number of hydrogen-bond acceptors (Lipinski definition) is 6. The number of pyridine rings is 1. The molecule has 1 aromatic carbocycles. The van der Waals surface area contributed by atoms with E-state index in [0.717, 1.165) is 54.9 Å². The van der Waals surface area contributed by atoms with E-state index in [0.29, 0.717) is 17.2 Å². The molecule has 2 aliphatic rings. The van der Waals surface area contributed by atoms with Crippen molar-refractivity contribution in [1.29, 1.82) is 0 Å². The molecule has 9 nitrogen and oxygen atoms in total. The Labute approximate surface area is 222 Å². The second-order valence-corrected chi connectivity index (χ2v) is 8.86. The highest BCUT2D eigenvalue weighted by atomic mass is 16.5. The van der Waals surface area contributed by atoms with Gasteiger partial charge in [-0.25, -0.2) is 4.98 Å². The van der Waals surface area contributed by atoms with E-state index in [2.05, 4.69) is 19.9 Å². The van der Waals surface area contributed by atoms with Crippen LogP contribution in [0.2, 0.25) is 0 Å². The SMILES string of the molecule is CC.CC(=O)N1CCCC1.O=C(c1ccc(Oc2ccc3[nH]c(-c4cnccn4)cc3c2)cn1)N1CCC1. The number of ether oxygens (including phenoxy) is 1. The predicted octanol–water partition coefficient (Wildman–Crippen LogP) is 5.31. The highest BCUT2D eigenvalue weighted by Gasteiger charge is 2.22. The molecule has 6 rings (SSSR count). The molecule has 0 aliphatic carbocycles. The number of fused-ring (bicyclic) bond motifs is 1. The molecule has 0 bridgehead atoms. The van der Waals surface area contributed by atoms with Gasteiger partial charge in [-0.15, -0.1) is 0 Å². The van der Waals surface area contributed by atoms with Crippen LogP contribution in [0.5, 0.6) is 11.5 Å². The summed E-state index contributed by atoms with van der Waals surface area (Å²) in [6, 6.07) is 11.3. The largest absolute Gasteiger partial charge is 0.456 e. The fourth-order valence-electron chi connectivity index (χ4n) is 4.17. The number of hydrogen-bond donors (Lipinski definition) is 1. The highest BCUT2D eigenvalue weighted by Crippen LogP contribution is 2.28. The number of benzene rings is 1. The van der Waals surface area contributed by atoms with Gasteiger partial charge in [-0.1, -0.05) is 13.8 Å². The van der Waals surface area contributed by atoms with E-state index < -0.39 is 0 Å². The van der Waals surface area contributed by atoms with Gasteiger partial charge in [0.15, 0.2) is 0 Å². The summed E-state index contributed by atoms with van der Waals surface area (Å²) in [5.74, 6) is 1.48. The fourth-order valence-corrected chi connectivity index (χ4v) is 4.17.